The van der Waals surface area contributed by atoms with Crippen LogP contribution in [0.15, 0.2) is 41.3 Å². The zero-order chi connectivity index (χ0) is 15.0. The molecule has 0 saturated carbocycles. The smallest absolute Gasteiger partial charge is 0.261 e. The van der Waals surface area contributed by atoms with E-state index in [0.29, 0.717) is 11.5 Å². The lowest BCUT2D eigenvalue weighted by Gasteiger charge is -2.10. The van der Waals surface area contributed by atoms with Crippen molar-refractivity contribution in [1.29, 1.82) is 0 Å². The van der Waals surface area contributed by atoms with Crippen LogP contribution in [0, 0.1) is 6.92 Å². The number of hydrogen-bond donors (Lipinski definition) is 1. The maximum absolute atomic E-state index is 12.3. The fourth-order valence-corrected chi connectivity index (χ4v) is 3.24. The molecule has 1 aliphatic heterocycles. The molecule has 0 atom stereocenters. The van der Waals surface area contributed by atoms with Crippen LogP contribution in [-0.2, 0) is 10.0 Å². The van der Waals surface area contributed by atoms with Gasteiger partial charge in [-0.2, -0.15) is 0 Å². The fraction of sp³-hybridized carbons (Fsp3) is 0.143. The quantitative estimate of drug-likeness (QED) is 0.941. The average Bonchev–Trinajstić information content (AvgIpc) is 2.86. The molecule has 0 fully saturated rings. The molecule has 0 spiro atoms. The van der Waals surface area contributed by atoms with Gasteiger partial charge in [0.2, 0.25) is 6.79 Å². The summed E-state index contributed by atoms with van der Waals surface area (Å²) in [6.45, 7) is 1.98. The molecule has 2 aromatic carbocycles. The molecule has 3 rings (SSSR count). The summed E-state index contributed by atoms with van der Waals surface area (Å²) in [7, 11) is -3.70. The first-order valence-corrected chi connectivity index (χ1v) is 8.00. The molecule has 0 aromatic heterocycles. The summed E-state index contributed by atoms with van der Waals surface area (Å²) in [6.07, 6.45) is 0. The van der Waals surface area contributed by atoms with Crippen LogP contribution in [0.5, 0.6) is 11.5 Å². The third-order valence-corrected chi connectivity index (χ3v) is 4.73. The minimum absolute atomic E-state index is 0.0971. The van der Waals surface area contributed by atoms with Crippen molar-refractivity contribution in [2.75, 3.05) is 11.5 Å². The fourth-order valence-electron chi connectivity index (χ4n) is 1.92. The molecule has 110 valence electrons. The number of fused-ring (bicyclic) bond motifs is 1. The molecule has 21 heavy (non-hydrogen) atoms. The maximum Gasteiger partial charge on any atom is 0.261 e. The summed E-state index contributed by atoms with van der Waals surface area (Å²) in [4.78, 5) is 0.168. The van der Waals surface area contributed by atoms with Gasteiger partial charge in [0, 0.05) is 12.1 Å². The van der Waals surface area contributed by atoms with E-state index in [4.69, 9.17) is 21.1 Å². The highest BCUT2D eigenvalue weighted by Gasteiger charge is 2.20. The number of sulfonamides is 1. The van der Waals surface area contributed by atoms with Gasteiger partial charge in [0.1, 0.15) is 0 Å². The van der Waals surface area contributed by atoms with Gasteiger partial charge >= 0.3 is 0 Å². The third-order valence-electron chi connectivity index (χ3n) is 3.04. The number of aryl methyl sites for hydroxylation is 1. The van der Waals surface area contributed by atoms with Gasteiger partial charge in [-0.25, -0.2) is 8.42 Å². The second-order valence-electron chi connectivity index (χ2n) is 4.60. The van der Waals surface area contributed by atoms with Crippen LogP contribution >= 0.6 is 11.6 Å². The van der Waals surface area contributed by atoms with E-state index in [9.17, 15) is 8.42 Å². The normalized spacial score (nSPS) is 13.2. The molecule has 7 heteroatoms. The Labute approximate surface area is 127 Å². The highest BCUT2D eigenvalue weighted by molar-refractivity contribution is 7.92. The minimum Gasteiger partial charge on any atom is -0.454 e. The summed E-state index contributed by atoms with van der Waals surface area (Å²) in [5.41, 5.74) is 1.23. The third kappa shape index (κ3) is 2.77. The van der Waals surface area contributed by atoms with Crippen molar-refractivity contribution in [2.24, 2.45) is 0 Å². The zero-order valence-electron chi connectivity index (χ0n) is 11.1. The molecule has 0 saturated heterocycles. The Balaban J connectivity index is 1.94. The topological polar surface area (TPSA) is 64.6 Å². The molecule has 5 nitrogen and oxygen atoms in total. The van der Waals surface area contributed by atoms with Crippen molar-refractivity contribution in [3.8, 4) is 11.5 Å². The maximum atomic E-state index is 12.3. The van der Waals surface area contributed by atoms with Gasteiger partial charge in [-0.15, -0.1) is 0 Å². The lowest BCUT2D eigenvalue weighted by Crippen LogP contribution is -2.13. The van der Waals surface area contributed by atoms with Crippen LogP contribution in [0.25, 0.3) is 0 Å². The molecule has 0 unspecified atom stereocenters. The first-order valence-electron chi connectivity index (χ1n) is 6.14. The van der Waals surface area contributed by atoms with E-state index in [1.54, 1.807) is 24.3 Å². The monoisotopic (exact) mass is 325 g/mol. The number of anilines is 1. The second kappa shape index (κ2) is 5.13. The number of halogens is 1. The standard InChI is InChI=1S/C14H12ClNO4S/c1-9-2-4-10(5-3-9)21(17,18)16-12-7-14-13(6-11(12)15)19-8-20-14/h2-7,16H,8H2,1H3. The number of hydrogen-bond acceptors (Lipinski definition) is 4. The van der Waals surface area contributed by atoms with Crippen LogP contribution in [0.2, 0.25) is 5.02 Å². The van der Waals surface area contributed by atoms with E-state index >= 15 is 0 Å². The van der Waals surface area contributed by atoms with Crippen LogP contribution in [-0.4, -0.2) is 15.2 Å². The molecule has 0 amide bonds. The Hall–Kier alpha value is -1.92. The van der Waals surface area contributed by atoms with Gasteiger partial charge < -0.3 is 9.47 Å². The Morgan fingerprint density at radius 3 is 2.38 bits per heavy atom. The van der Waals surface area contributed by atoms with Crippen molar-refractivity contribution < 1.29 is 17.9 Å². The SMILES string of the molecule is Cc1ccc(S(=O)(=O)Nc2cc3c(cc2Cl)OCO3)cc1. The second-order valence-corrected chi connectivity index (χ2v) is 6.69. The van der Waals surface area contributed by atoms with Gasteiger partial charge in [0.05, 0.1) is 15.6 Å². The summed E-state index contributed by atoms with van der Waals surface area (Å²) in [5.74, 6) is 0.958. The summed E-state index contributed by atoms with van der Waals surface area (Å²) in [6, 6.07) is 9.58. The largest absolute Gasteiger partial charge is 0.454 e. The summed E-state index contributed by atoms with van der Waals surface area (Å²) in [5, 5.41) is 0.245. The Morgan fingerprint density at radius 2 is 1.71 bits per heavy atom. The molecule has 1 N–H and O–H groups in total. The molecular weight excluding hydrogens is 314 g/mol. The van der Waals surface area contributed by atoms with Crippen LogP contribution in [0.1, 0.15) is 5.56 Å². The zero-order valence-corrected chi connectivity index (χ0v) is 12.7. The van der Waals surface area contributed by atoms with E-state index in [2.05, 4.69) is 4.72 Å². The Bertz CT molecular complexity index is 787. The molecule has 0 bridgehead atoms. The first kappa shape index (κ1) is 14.0. The van der Waals surface area contributed by atoms with Crippen molar-refractivity contribution >= 4 is 27.3 Å². The predicted molar refractivity (Wildman–Crippen MR) is 79.6 cm³/mol. The van der Waals surface area contributed by atoms with Crippen molar-refractivity contribution in [3.63, 3.8) is 0 Å². The van der Waals surface area contributed by atoms with Gasteiger partial charge in [0.25, 0.3) is 10.0 Å². The minimum atomic E-state index is -3.70. The number of benzene rings is 2. The molecule has 0 radical (unpaired) electrons. The molecule has 1 heterocycles. The van der Waals surface area contributed by atoms with Crippen LogP contribution < -0.4 is 14.2 Å². The van der Waals surface area contributed by atoms with E-state index in [-0.39, 0.29) is 22.4 Å². The Kier molecular flexibility index (Phi) is 3.43. The van der Waals surface area contributed by atoms with Gasteiger partial charge in [-0.3, -0.25) is 4.72 Å². The van der Waals surface area contributed by atoms with Crippen molar-refractivity contribution in [2.45, 2.75) is 11.8 Å². The highest BCUT2D eigenvalue weighted by atomic mass is 35.5. The van der Waals surface area contributed by atoms with Crippen molar-refractivity contribution in [3.05, 3.63) is 47.0 Å². The highest BCUT2D eigenvalue weighted by Crippen LogP contribution is 2.39. The van der Waals surface area contributed by atoms with Gasteiger partial charge in [0.15, 0.2) is 11.5 Å². The van der Waals surface area contributed by atoms with E-state index < -0.39 is 10.0 Å². The van der Waals surface area contributed by atoms with E-state index in [1.165, 1.54) is 12.1 Å². The molecule has 1 aliphatic rings. The average molecular weight is 326 g/mol. The predicted octanol–water partition coefficient (Wildman–Crippen LogP) is 3.18. The number of ether oxygens (including phenoxy) is 2. The lowest BCUT2D eigenvalue weighted by atomic mass is 10.2. The summed E-state index contributed by atoms with van der Waals surface area (Å²) >= 11 is 6.06. The molecule has 2 aromatic rings. The van der Waals surface area contributed by atoms with E-state index in [1.807, 2.05) is 6.92 Å². The van der Waals surface area contributed by atoms with Gasteiger partial charge in [-0.1, -0.05) is 29.3 Å². The number of rotatable bonds is 3. The van der Waals surface area contributed by atoms with Crippen LogP contribution in [0.3, 0.4) is 0 Å². The molecule has 0 aliphatic carbocycles. The lowest BCUT2D eigenvalue weighted by molar-refractivity contribution is 0.174. The van der Waals surface area contributed by atoms with Crippen molar-refractivity contribution in [1.82, 2.24) is 0 Å². The van der Waals surface area contributed by atoms with Crippen LogP contribution in [0.4, 0.5) is 5.69 Å². The molecular formula is C14H12ClNO4S. The summed E-state index contributed by atoms with van der Waals surface area (Å²) < 4.78 is 37.5. The number of nitrogens with one attached hydrogen (secondary N) is 1. The van der Waals surface area contributed by atoms with Gasteiger partial charge in [-0.05, 0) is 19.1 Å². The van der Waals surface area contributed by atoms with E-state index in [0.717, 1.165) is 5.56 Å². The first-order chi connectivity index (χ1) is 9.95. The Morgan fingerprint density at radius 1 is 1.10 bits per heavy atom.